The molecule has 1 aliphatic rings. The molecule has 0 aromatic carbocycles. The molecule has 2 nitrogen and oxygen atoms in total. The Hall–Kier alpha value is -1.05. The van der Waals surface area contributed by atoms with Crippen molar-refractivity contribution in [3.63, 3.8) is 0 Å². The minimum absolute atomic E-state index is 0.0603. The van der Waals surface area contributed by atoms with E-state index in [0.717, 1.165) is 5.57 Å². The maximum Gasteiger partial charge on any atom is 0.317 e. The Morgan fingerprint density at radius 3 is 2.73 bits per heavy atom. The second-order valence-corrected chi connectivity index (χ2v) is 2.89. The lowest BCUT2D eigenvalue weighted by molar-refractivity contribution is -0.141. The molecule has 0 saturated heterocycles. The number of ether oxygens (including phenoxy) is 1. The van der Waals surface area contributed by atoms with Gasteiger partial charge in [0.1, 0.15) is 5.92 Å². The van der Waals surface area contributed by atoms with Crippen LogP contribution in [0, 0.1) is 5.92 Å². The quantitative estimate of drug-likeness (QED) is 0.563. The Morgan fingerprint density at radius 2 is 2.27 bits per heavy atom. The van der Waals surface area contributed by atoms with Gasteiger partial charge in [0.15, 0.2) is 0 Å². The molecule has 0 aromatic rings. The molecule has 0 spiro atoms. The minimum Gasteiger partial charge on any atom is -0.468 e. The molecule has 1 aliphatic carbocycles. The molecule has 0 heterocycles. The highest BCUT2D eigenvalue weighted by molar-refractivity contribution is 5.84. The maximum atomic E-state index is 10.9. The zero-order valence-corrected chi connectivity index (χ0v) is 7.05. The first-order valence-corrected chi connectivity index (χ1v) is 3.59. The lowest BCUT2D eigenvalue weighted by Gasteiger charge is -1.94. The Labute approximate surface area is 66.5 Å². The van der Waals surface area contributed by atoms with Crippen LogP contribution in [0.25, 0.3) is 0 Å². The van der Waals surface area contributed by atoms with Gasteiger partial charge in [-0.3, -0.25) is 4.79 Å². The van der Waals surface area contributed by atoms with Gasteiger partial charge >= 0.3 is 5.97 Å². The van der Waals surface area contributed by atoms with E-state index in [1.807, 2.05) is 26.0 Å². The number of carbonyl (C=O) groups is 1. The fraction of sp³-hybridized carbons (Fsp3) is 0.444. The Balaban J connectivity index is 2.43. The van der Waals surface area contributed by atoms with Gasteiger partial charge in [0.05, 0.1) is 7.11 Å². The summed E-state index contributed by atoms with van der Waals surface area (Å²) in [6.45, 7) is 4.01. The average molecular weight is 152 g/mol. The summed E-state index contributed by atoms with van der Waals surface area (Å²) in [5.74, 6) is -0.215. The maximum absolute atomic E-state index is 10.9. The van der Waals surface area contributed by atoms with Crippen LogP contribution < -0.4 is 0 Å². The summed E-state index contributed by atoms with van der Waals surface area (Å²) >= 11 is 0. The highest BCUT2D eigenvalue weighted by atomic mass is 16.5. The van der Waals surface area contributed by atoms with Crippen LogP contribution in [-0.4, -0.2) is 13.1 Å². The van der Waals surface area contributed by atoms with Crippen LogP contribution in [-0.2, 0) is 9.53 Å². The van der Waals surface area contributed by atoms with Gasteiger partial charge in [0.25, 0.3) is 0 Å². The summed E-state index contributed by atoms with van der Waals surface area (Å²) in [7, 11) is 1.41. The van der Waals surface area contributed by atoms with Crippen molar-refractivity contribution in [3.8, 4) is 0 Å². The van der Waals surface area contributed by atoms with Crippen LogP contribution in [0.2, 0.25) is 0 Å². The average Bonchev–Trinajstić information content (AvgIpc) is 2.65. The van der Waals surface area contributed by atoms with Crippen LogP contribution in [0.5, 0.6) is 0 Å². The van der Waals surface area contributed by atoms with E-state index < -0.39 is 0 Å². The van der Waals surface area contributed by atoms with Crippen molar-refractivity contribution in [1.29, 1.82) is 0 Å². The Kier molecular flexibility index (Phi) is 2.13. The number of esters is 1. The van der Waals surface area contributed by atoms with Crippen LogP contribution in [0.15, 0.2) is 23.3 Å². The number of hydrogen-bond acceptors (Lipinski definition) is 2. The minimum atomic E-state index is -0.155. The number of rotatable bonds is 2. The first-order valence-electron chi connectivity index (χ1n) is 3.59. The van der Waals surface area contributed by atoms with Gasteiger partial charge in [0, 0.05) is 0 Å². The van der Waals surface area contributed by atoms with Gasteiger partial charge < -0.3 is 4.74 Å². The largest absolute Gasteiger partial charge is 0.468 e. The molecule has 1 rings (SSSR count). The molecule has 0 aliphatic heterocycles. The van der Waals surface area contributed by atoms with E-state index in [4.69, 9.17) is 0 Å². The van der Waals surface area contributed by atoms with Crippen molar-refractivity contribution in [2.45, 2.75) is 13.8 Å². The molecule has 0 N–H and O–H groups in total. The molecule has 2 heteroatoms. The van der Waals surface area contributed by atoms with Crippen LogP contribution in [0.3, 0.4) is 0 Å². The summed E-state index contributed by atoms with van der Waals surface area (Å²) in [5, 5.41) is 0. The van der Waals surface area contributed by atoms with E-state index in [0.29, 0.717) is 0 Å². The molecule has 11 heavy (non-hydrogen) atoms. The van der Waals surface area contributed by atoms with Crippen LogP contribution in [0.4, 0.5) is 0 Å². The smallest absolute Gasteiger partial charge is 0.317 e. The van der Waals surface area contributed by atoms with Gasteiger partial charge in [-0.25, -0.2) is 0 Å². The Morgan fingerprint density at radius 1 is 1.64 bits per heavy atom. The molecule has 0 radical (unpaired) electrons. The fourth-order valence-electron chi connectivity index (χ4n) is 0.947. The second kappa shape index (κ2) is 2.91. The van der Waals surface area contributed by atoms with E-state index in [9.17, 15) is 4.79 Å². The number of carbonyl (C=O) groups excluding carboxylic acids is 1. The van der Waals surface area contributed by atoms with Gasteiger partial charge in [-0.05, 0) is 19.4 Å². The van der Waals surface area contributed by atoms with Crippen molar-refractivity contribution in [2.75, 3.05) is 7.11 Å². The molecular weight excluding hydrogens is 140 g/mol. The third kappa shape index (κ3) is 1.93. The molecule has 1 unspecified atom stereocenters. The first kappa shape index (κ1) is 8.05. The second-order valence-electron chi connectivity index (χ2n) is 2.89. The number of methoxy groups -OCH3 is 1. The summed E-state index contributed by atoms with van der Waals surface area (Å²) in [4.78, 5) is 10.9. The van der Waals surface area contributed by atoms with E-state index >= 15 is 0 Å². The third-order valence-corrected chi connectivity index (χ3v) is 1.52. The zero-order chi connectivity index (χ0) is 8.43. The molecule has 0 saturated carbocycles. The highest BCUT2D eigenvalue weighted by Gasteiger charge is 2.30. The summed E-state index contributed by atoms with van der Waals surface area (Å²) in [5.41, 5.74) is 2.29. The van der Waals surface area contributed by atoms with E-state index in [1.54, 1.807) is 0 Å². The fourth-order valence-corrected chi connectivity index (χ4v) is 0.947. The standard InChI is InChI=1S/C9H12O2/c1-6(2)4-7-5-8(7)9(10)11-3/h4-5,8H,1-3H3. The van der Waals surface area contributed by atoms with Crippen molar-refractivity contribution in [3.05, 3.63) is 23.3 Å². The van der Waals surface area contributed by atoms with Crippen molar-refractivity contribution >= 4 is 5.97 Å². The van der Waals surface area contributed by atoms with Gasteiger partial charge in [0.2, 0.25) is 0 Å². The van der Waals surface area contributed by atoms with Gasteiger partial charge in [-0.2, -0.15) is 0 Å². The topological polar surface area (TPSA) is 26.3 Å². The highest BCUT2D eigenvalue weighted by Crippen LogP contribution is 2.31. The molecule has 1 atom stereocenters. The van der Waals surface area contributed by atoms with E-state index in [1.165, 1.54) is 12.7 Å². The normalized spacial score (nSPS) is 20.3. The summed E-state index contributed by atoms with van der Waals surface area (Å²) < 4.78 is 4.57. The van der Waals surface area contributed by atoms with Crippen molar-refractivity contribution < 1.29 is 9.53 Å². The van der Waals surface area contributed by atoms with E-state index in [-0.39, 0.29) is 11.9 Å². The lowest BCUT2D eigenvalue weighted by Crippen LogP contribution is -2.04. The molecule has 60 valence electrons. The summed E-state index contributed by atoms with van der Waals surface area (Å²) in [6, 6.07) is 0. The van der Waals surface area contributed by atoms with Crippen molar-refractivity contribution in [1.82, 2.24) is 0 Å². The molecule has 0 fully saturated rings. The Bertz CT molecular complexity index is 232. The lowest BCUT2D eigenvalue weighted by atomic mass is 10.2. The van der Waals surface area contributed by atoms with E-state index in [2.05, 4.69) is 4.74 Å². The SMILES string of the molecule is COC(=O)C1C=C1C=C(C)C. The van der Waals surface area contributed by atoms with Gasteiger partial charge in [-0.15, -0.1) is 0 Å². The number of allylic oxidation sites excluding steroid dienone is 2. The van der Waals surface area contributed by atoms with Crippen molar-refractivity contribution in [2.24, 2.45) is 5.92 Å². The molecule has 0 amide bonds. The first-order chi connectivity index (χ1) is 5.15. The predicted molar refractivity (Wildman–Crippen MR) is 43.0 cm³/mol. The van der Waals surface area contributed by atoms with Crippen LogP contribution >= 0.6 is 0 Å². The molecule has 0 bridgehead atoms. The van der Waals surface area contributed by atoms with Crippen LogP contribution in [0.1, 0.15) is 13.8 Å². The predicted octanol–water partition coefficient (Wildman–Crippen LogP) is 1.68. The monoisotopic (exact) mass is 152 g/mol. The van der Waals surface area contributed by atoms with Gasteiger partial charge in [-0.1, -0.05) is 17.7 Å². The molecular formula is C9H12O2. The zero-order valence-electron chi connectivity index (χ0n) is 7.05. The number of hydrogen-bond donors (Lipinski definition) is 0. The summed E-state index contributed by atoms with van der Waals surface area (Å²) in [6.07, 6.45) is 3.90. The molecule has 0 aromatic heterocycles. The third-order valence-electron chi connectivity index (χ3n) is 1.52.